The molecule has 1 aliphatic carbocycles. The monoisotopic (exact) mass is 662 g/mol. The van der Waals surface area contributed by atoms with Crippen LogP contribution in [0.1, 0.15) is 5.56 Å². The van der Waals surface area contributed by atoms with Crippen LogP contribution < -0.4 is 4.74 Å². The summed E-state index contributed by atoms with van der Waals surface area (Å²) < 4.78 is 20.0. The molecule has 2 fully saturated rings. The van der Waals surface area contributed by atoms with Gasteiger partial charge in [0.15, 0.2) is 23.1 Å². The van der Waals surface area contributed by atoms with Crippen molar-refractivity contribution in [1.82, 2.24) is 0 Å². The summed E-state index contributed by atoms with van der Waals surface area (Å²) in [7, 11) is 2.18. The van der Waals surface area contributed by atoms with E-state index in [0.29, 0.717) is 0 Å². The molecule has 0 aromatic heterocycles. The van der Waals surface area contributed by atoms with Gasteiger partial charge in [0.1, 0.15) is 47.4 Å². The SMILES string of the molecule is COC1C(O)C(CO)OC(C2C(=O)C(C(O)(O)c3c(O)c(O)c(OC(O)(O)C(O)(O)O)c(O)c3O)C(Cl)C(=O)C2O)C1OC. The molecule has 1 saturated heterocycles. The largest absolute Gasteiger partial charge is 0.504 e. The zero-order valence-electron chi connectivity index (χ0n) is 22.5. The van der Waals surface area contributed by atoms with Crippen LogP contribution in [-0.2, 0) is 29.6 Å². The summed E-state index contributed by atoms with van der Waals surface area (Å²) in [4.78, 5) is 26.9. The van der Waals surface area contributed by atoms with Gasteiger partial charge in [-0.2, -0.15) is 0 Å². The molecule has 2 aliphatic rings. The van der Waals surface area contributed by atoms with Crippen molar-refractivity contribution in [2.24, 2.45) is 11.8 Å². The molecule has 1 aliphatic heterocycles. The number of ether oxygens (including phenoxy) is 4. The predicted molar refractivity (Wildman–Crippen MR) is 132 cm³/mol. The maximum absolute atomic E-state index is 13.8. The van der Waals surface area contributed by atoms with E-state index >= 15 is 0 Å². The second-order valence-electron chi connectivity index (χ2n) is 10.0. The van der Waals surface area contributed by atoms with Crippen LogP contribution in [-0.4, -0.2) is 158 Å². The van der Waals surface area contributed by atoms with Gasteiger partial charge in [0.2, 0.25) is 23.0 Å². The van der Waals surface area contributed by atoms with Gasteiger partial charge in [-0.05, 0) is 0 Å². The molecule has 1 saturated carbocycles. The molecule has 0 radical (unpaired) electrons. The van der Waals surface area contributed by atoms with Crippen LogP contribution in [0.25, 0.3) is 0 Å². The fourth-order valence-corrected chi connectivity index (χ4v) is 5.61. The number of alkyl halides is 1. The van der Waals surface area contributed by atoms with E-state index in [1.165, 1.54) is 0 Å². The number of methoxy groups -OCH3 is 2. The van der Waals surface area contributed by atoms with Crippen molar-refractivity contribution >= 4 is 23.2 Å². The number of aromatic hydroxyl groups is 4. The number of aliphatic hydroxyl groups is 10. The summed E-state index contributed by atoms with van der Waals surface area (Å²) in [5.41, 5.74) is -1.75. The molecule has 20 nitrogen and oxygen atoms in total. The van der Waals surface area contributed by atoms with E-state index in [2.05, 4.69) is 4.74 Å². The van der Waals surface area contributed by atoms with Gasteiger partial charge < -0.3 is 90.4 Å². The zero-order valence-corrected chi connectivity index (χ0v) is 23.2. The van der Waals surface area contributed by atoms with Crippen LogP contribution in [0, 0.1) is 11.8 Å². The lowest BCUT2D eigenvalue weighted by Crippen LogP contribution is -2.68. The minimum absolute atomic E-state index is 0.869. The highest BCUT2D eigenvalue weighted by Crippen LogP contribution is 2.57. The molecule has 3 rings (SSSR count). The first-order chi connectivity index (χ1) is 20.1. The average molecular weight is 663 g/mol. The fraction of sp³-hybridized carbons (Fsp3) is 0.652. The van der Waals surface area contributed by atoms with Crippen LogP contribution in [0.5, 0.6) is 28.7 Å². The van der Waals surface area contributed by atoms with Crippen LogP contribution in [0.4, 0.5) is 0 Å². The van der Waals surface area contributed by atoms with Crippen molar-refractivity contribution in [1.29, 1.82) is 0 Å². The smallest absolute Gasteiger partial charge is 0.409 e. The standard InChI is InChI=1S/C23H31ClO20/c1-41-19-9(26)4(3-25)43-17(20(19)42-2)5-10(27)6(8(24)14(31)11(5)28)21(34,35)7-12(29)15(32)18(16(33)13(7)30)44-23(39,40)22(36,37)38/h4-6,8-9,11,17,19-20,25-26,28-30,32-40H,3H2,1-2H3. The molecule has 9 atom stereocenters. The number of carbonyl (C=O) groups is 2. The third-order valence-electron chi connectivity index (χ3n) is 7.44. The highest BCUT2D eigenvalue weighted by molar-refractivity contribution is 6.34. The van der Waals surface area contributed by atoms with Gasteiger partial charge >= 0.3 is 11.9 Å². The van der Waals surface area contributed by atoms with Crippen LogP contribution in [0.2, 0.25) is 0 Å². The number of halogens is 1. The van der Waals surface area contributed by atoms with Gasteiger partial charge in [0, 0.05) is 14.2 Å². The number of rotatable bonds is 9. The first kappa shape index (κ1) is 35.8. The maximum atomic E-state index is 13.8. The van der Waals surface area contributed by atoms with Crippen molar-refractivity contribution in [3.8, 4) is 28.7 Å². The Balaban J connectivity index is 2.17. The summed E-state index contributed by atoms with van der Waals surface area (Å²) in [6.45, 7) is -0.869. The molecular weight excluding hydrogens is 632 g/mol. The Morgan fingerprint density at radius 1 is 0.818 bits per heavy atom. The first-order valence-electron chi connectivity index (χ1n) is 12.3. The molecule has 1 aromatic rings. The number of aliphatic hydroxyl groups excluding tert-OH is 3. The molecule has 0 bridgehead atoms. The van der Waals surface area contributed by atoms with Gasteiger partial charge in [-0.3, -0.25) is 9.59 Å². The zero-order chi connectivity index (χ0) is 33.9. The van der Waals surface area contributed by atoms with E-state index in [-0.39, 0.29) is 0 Å². The molecule has 44 heavy (non-hydrogen) atoms. The molecule has 0 amide bonds. The lowest BCUT2D eigenvalue weighted by atomic mass is 9.68. The van der Waals surface area contributed by atoms with Crippen molar-refractivity contribution in [3.63, 3.8) is 0 Å². The number of phenols is 4. The van der Waals surface area contributed by atoms with E-state index in [4.69, 9.17) is 41.1 Å². The Morgan fingerprint density at radius 2 is 1.32 bits per heavy atom. The molecular formula is C23H31ClO20. The van der Waals surface area contributed by atoms with Crippen LogP contribution >= 0.6 is 11.6 Å². The Morgan fingerprint density at radius 3 is 1.75 bits per heavy atom. The maximum Gasteiger partial charge on any atom is 0.409 e. The third-order valence-corrected chi connectivity index (χ3v) is 7.91. The summed E-state index contributed by atoms with van der Waals surface area (Å²) in [6.07, 6.45) is -9.97. The van der Waals surface area contributed by atoms with E-state index in [1.807, 2.05) is 0 Å². The van der Waals surface area contributed by atoms with Gasteiger partial charge in [-0.25, -0.2) is 0 Å². The number of carbonyl (C=O) groups excluding carboxylic acids is 2. The summed E-state index contributed by atoms with van der Waals surface area (Å²) in [6, 6.07) is 0. The van der Waals surface area contributed by atoms with Crippen molar-refractivity contribution in [3.05, 3.63) is 5.56 Å². The average Bonchev–Trinajstić information content (AvgIpc) is 2.92. The van der Waals surface area contributed by atoms with Crippen LogP contribution in [0.15, 0.2) is 0 Å². The quantitative estimate of drug-likeness (QED) is 0.0506. The number of benzene rings is 1. The van der Waals surface area contributed by atoms with Crippen molar-refractivity contribution in [2.45, 2.75) is 59.7 Å². The first-order valence-corrected chi connectivity index (χ1v) is 12.7. The van der Waals surface area contributed by atoms with Gasteiger partial charge in [-0.1, -0.05) is 0 Å². The van der Waals surface area contributed by atoms with Crippen molar-refractivity contribution in [2.75, 3.05) is 20.8 Å². The fourth-order valence-electron chi connectivity index (χ4n) is 5.18. The highest BCUT2D eigenvalue weighted by atomic mass is 35.5. The minimum Gasteiger partial charge on any atom is -0.504 e. The highest BCUT2D eigenvalue weighted by Gasteiger charge is 2.63. The third kappa shape index (κ3) is 5.63. The predicted octanol–water partition coefficient (Wildman–Crippen LogP) is -6.20. The second kappa shape index (κ2) is 12.3. The molecule has 9 unspecified atom stereocenters. The molecule has 0 spiro atoms. The Labute approximate surface area is 250 Å². The summed E-state index contributed by atoms with van der Waals surface area (Å²) in [5, 5.41) is 138. The normalized spacial score (nSPS) is 32.2. The Bertz CT molecular complexity index is 1230. The van der Waals surface area contributed by atoms with Crippen LogP contribution in [0.3, 0.4) is 0 Å². The second-order valence-corrected chi connectivity index (χ2v) is 10.5. The van der Waals surface area contributed by atoms with E-state index < -0.39 is 124 Å². The lowest BCUT2D eigenvalue weighted by Gasteiger charge is -2.49. The Kier molecular flexibility index (Phi) is 9.98. The van der Waals surface area contributed by atoms with Gasteiger partial charge in [-0.15, -0.1) is 11.6 Å². The van der Waals surface area contributed by atoms with E-state index in [1.54, 1.807) is 0 Å². The Hall–Kier alpha value is -2.67. The molecule has 21 heteroatoms. The molecule has 250 valence electrons. The lowest BCUT2D eigenvalue weighted by molar-refractivity contribution is -0.502. The molecule has 14 N–H and O–H groups in total. The van der Waals surface area contributed by atoms with Crippen molar-refractivity contribution < 1.29 is 100 Å². The number of hydrogen-bond donors (Lipinski definition) is 14. The number of Topliss-reactive ketones (excluding diaryl/α,β-unsaturated/α-hetero) is 2. The van der Waals surface area contributed by atoms with Gasteiger partial charge in [0.05, 0.1) is 18.6 Å². The summed E-state index contributed by atoms with van der Waals surface area (Å²) in [5.74, 6) is -30.2. The summed E-state index contributed by atoms with van der Waals surface area (Å²) >= 11 is 6.03. The molecule has 1 aromatic carbocycles. The number of hydrogen-bond acceptors (Lipinski definition) is 20. The number of ketones is 2. The van der Waals surface area contributed by atoms with E-state index in [9.17, 15) is 65.8 Å². The molecule has 1 heterocycles. The minimum atomic E-state index is -4.52. The topological polar surface area (TPSA) is 354 Å². The van der Waals surface area contributed by atoms with Gasteiger partial charge in [0.25, 0.3) is 0 Å². The number of phenolic OH excluding ortho intramolecular Hbond substituents is 4. The van der Waals surface area contributed by atoms with E-state index in [0.717, 1.165) is 14.2 Å².